The molecule has 0 aliphatic rings. The van der Waals surface area contributed by atoms with Crippen LogP contribution in [-0.4, -0.2) is 23.6 Å². The number of aromatic nitrogens is 2. The predicted molar refractivity (Wildman–Crippen MR) is 76.6 cm³/mol. The minimum atomic E-state index is 0.630. The number of nitrogens with one attached hydrogen (secondary N) is 1. The molecule has 2 rings (SSSR count). The number of aryl methyl sites for hydroxylation is 2. The minimum Gasteiger partial charge on any atom is -0.478 e. The quantitative estimate of drug-likeness (QED) is 0.808. The maximum atomic E-state index is 5.66. The summed E-state index contributed by atoms with van der Waals surface area (Å²) in [6, 6.07) is 12.2. The number of nitrogens with zero attached hydrogens (tertiary/aromatic N) is 2. The van der Waals surface area contributed by atoms with Crippen molar-refractivity contribution in [1.82, 2.24) is 9.97 Å². The molecule has 0 bridgehead atoms. The van der Waals surface area contributed by atoms with Crippen molar-refractivity contribution in [1.29, 1.82) is 0 Å². The third-order valence-corrected chi connectivity index (χ3v) is 2.77. The second kappa shape index (κ2) is 6.73. The van der Waals surface area contributed by atoms with Crippen LogP contribution in [0.4, 0.5) is 5.82 Å². The van der Waals surface area contributed by atoms with Crippen LogP contribution in [0.15, 0.2) is 36.4 Å². The largest absolute Gasteiger partial charge is 0.478 e. The Bertz CT molecular complexity index is 514. The van der Waals surface area contributed by atoms with Crippen LogP contribution < -0.4 is 10.1 Å². The molecule has 0 fully saturated rings. The summed E-state index contributed by atoms with van der Waals surface area (Å²) in [7, 11) is 1.83. The molecule has 19 heavy (non-hydrogen) atoms. The van der Waals surface area contributed by atoms with Gasteiger partial charge >= 0.3 is 0 Å². The summed E-state index contributed by atoms with van der Waals surface area (Å²) in [5.74, 6) is 2.13. The summed E-state index contributed by atoms with van der Waals surface area (Å²) in [5, 5.41) is 2.99. The van der Waals surface area contributed by atoms with Gasteiger partial charge < -0.3 is 10.1 Å². The van der Waals surface area contributed by atoms with E-state index in [1.807, 2.05) is 26.1 Å². The lowest BCUT2D eigenvalue weighted by Crippen LogP contribution is -2.04. The first-order chi connectivity index (χ1) is 9.28. The number of anilines is 1. The van der Waals surface area contributed by atoms with Crippen LogP contribution in [0.3, 0.4) is 0 Å². The topological polar surface area (TPSA) is 47.0 Å². The first-order valence-electron chi connectivity index (χ1n) is 6.48. The molecule has 2 aromatic rings. The average Bonchev–Trinajstić information content (AvgIpc) is 2.44. The van der Waals surface area contributed by atoms with Crippen molar-refractivity contribution in [2.45, 2.75) is 19.8 Å². The standard InChI is InChI=1S/C15H19N3O/c1-12-17-14(16-2)11-15(18-12)19-10-6-9-13-7-4-3-5-8-13/h3-5,7-8,11H,6,9-10H2,1-2H3,(H,16,17,18). The first kappa shape index (κ1) is 13.3. The number of benzene rings is 1. The Morgan fingerprint density at radius 3 is 2.68 bits per heavy atom. The zero-order valence-corrected chi connectivity index (χ0v) is 11.4. The van der Waals surface area contributed by atoms with Crippen molar-refractivity contribution >= 4 is 5.82 Å². The molecule has 0 spiro atoms. The Balaban J connectivity index is 1.81. The van der Waals surface area contributed by atoms with Crippen LogP contribution in [0, 0.1) is 6.92 Å². The van der Waals surface area contributed by atoms with Gasteiger partial charge in [-0.2, -0.15) is 4.98 Å². The minimum absolute atomic E-state index is 0.630. The van der Waals surface area contributed by atoms with Gasteiger partial charge in [0.2, 0.25) is 5.88 Å². The van der Waals surface area contributed by atoms with Gasteiger partial charge in [-0.25, -0.2) is 4.98 Å². The second-order valence-electron chi connectivity index (χ2n) is 4.33. The van der Waals surface area contributed by atoms with E-state index < -0.39 is 0 Å². The Kier molecular flexibility index (Phi) is 4.72. The molecule has 0 radical (unpaired) electrons. The Morgan fingerprint density at radius 2 is 1.95 bits per heavy atom. The summed E-state index contributed by atoms with van der Waals surface area (Å²) in [5.41, 5.74) is 1.33. The predicted octanol–water partition coefficient (Wildman–Crippen LogP) is 2.84. The molecule has 4 nitrogen and oxygen atoms in total. The summed E-state index contributed by atoms with van der Waals surface area (Å²) >= 11 is 0. The number of rotatable bonds is 6. The van der Waals surface area contributed by atoms with E-state index in [4.69, 9.17) is 4.74 Å². The molecule has 0 aliphatic heterocycles. The zero-order valence-electron chi connectivity index (χ0n) is 11.4. The van der Waals surface area contributed by atoms with Gasteiger partial charge in [0.05, 0.1) is 6.61 Å². The van der Waals surface area contributed by atoms with E-state index in [1.165, 1.54) is 5.56 Å². The van der Waals surface area contributed by atoms with E-state index in [-0.39, 0.29) is 0 Å². The molecule has 1 aromatic carbocycles. The normalized spacial score (nSPS) is 10.2. The third kappa shape index (κ3) is 4.25. The first-order valence-corrected chi connectivity index (χ1v) is 6.48. The number of hydrogen-bond donors (Lipinski definition) is 1. The van der Waals surface area contributed by atoms with Gasteiger partial charge in [0.1, 0.15) is 11.6 Å². The molecule has 0 saturated heterocycles. The fraction of sp³-hybridized carbons (Fsp3) is 0.333. The Labute approximate surface area is 113 Å². The number of ether oxygens (including phenoxy) is 1. The van der Waals surface area contributed by atoms with E-state index in [0.29, 0.717) is 18.3 Å². The fourth-order valence-corrected chi connectivity index (χ4v) is 1.84. The fourth-order valence-electron chi connectivity index (χ4n) is 1.84. The molecule has 1 N–H and O–H groups in total. The SMILES string of the molecule is CNc1cc(OCCCc2ccccc2)nc(C)n1. The molecular formula is C15H19N3O. The van der Waals surface area contributed by atoms with Crippen LogP contribution in [-0.2, 0) is 6.42 Å². The van der Waals surface area contributed by atoms with Crippen molar-refractivity contribution in [2.24, 2.45) is 0 Å². The molecule has 1 heterocycles. The Hall–Kier alpha value is -2.10. The summed E-state index contributed by atoms with van der Waals surface area (Å²) in [6.45, 7) is 2.52. The maximum Gasteiger partial charge on any atom is 0.218 e. The van der Waals surface area contributed by atoms with E-state index >= 15 is 0 Å². The molecule has 100 valence electrons. The van der Waals surface area contributed by atoms with Gasteiger partial charge in [0.15, 0.2) is 0 Å². The van der Waals surface area contributed by atoms with Crippen molar-refractivity contribution in [3.63, 3.8) is 0 Å². The van der Waals surface area contributed by atoms with Gasteiger partial charge in [-0.05, 0) is 25.3 Å². The molecule has 0 unspecified atom stereocenters. The lowest BCUT2D eigenvalue weighted by Gasteiger charge is -2.07. The van der Waals surface area contributed by atoms with E-state index in [2.05, 4.69) is 39.6 Å². The van der Waals surface area contributed by atoms with Gasteiger partial charge in [-0.1, -0.05) is 30.3 Å². The van der Waals surface area contributed by atoms with Crippen LogP contribution in [0.2, 0.25) is 0 Å². The molecule has 0 aliphatic carbocycles. The van der Waals surface area contributed by atoms with Gasteiger partial charge in [0, 0.05) is 13.1 Å². The van der Waals surface area contributed by atoms with Crippen LogP contribution in [0.5, 0.6) is 5.88 Å². The van der Waals surface area contributed by atoms with Crippen molar-refractivity contribution < 1.29 is 4.74 Å². The lowest BCUT2D eigenvalue weighted by atomic mass is 10.1. The summed E-state index contributed by atoms with van der Waals surface area (Å²) < 4.78 is 5.66. The van der Waals surface area contributed by atoms with Crippen LogP contribution in [0.1, 0.15) is 17.8 Å². The van der Waals surface area contributed by atoms with Gasteiger partial charge in [-0.3, -0.25) is 0 Å². The van der Waals surface area contributed by atoms with Crippen LogP contribution in [0.25, 0.3) is 0 Å². The maximum absolute atomic E-state index is 5.66. The highest BCUT2D eigenvalue weighted by Gasteiger charge is 2.01. The average molecular weight is 257 g/mol. The van der Waals surface area contributed by atoms with E-state index in [1.54, 1.807) is 0 Å². The molecule has 0 amide bonds. The van der Waals surface area contributed by atoms with Crippen molar-refractivity contribution in [2.75, 3.05) is 19.0 Å². The van der Waals surface area contributed by atoms with Gasteiger partial charge in [-0.15, -0.1) is 0 Å². The van der Waals surface area contributed by atoms with Crippen LogP contribution >= 0.6 is 0 Å². The summed E-state index contributed by atoms with van der Waals surface area (Å²) in [6.07, 6.45) is 1.99. The van der Waals surface area contributed by atoms with Crippen molar-refractivity contribution in [3.8, 4) is 5.88 Å². The highest BCUT2D eigenvalue weighted by atomic mass is 16.5. The molecule has 4 heteroatoms. The second-order valence-corrected chi connectivity index (χ2v) is 4.33. The highest BCUT2D eigenvalue weighted by Crippen LogP contribution is 2.13. The molecular weight excluding hydrogens is 238 g/mol. The zero-order chi connectivity index (χ0) is 13.5. The summed E-state index contributed by atoms with van der Waals surface area (Å²) in [4.78, 5) is 8.48. The number of hydrogen-bond acceptors (Lipinski definition) is 4. The third-order valence-electron chi connectivity index (χ3n) is 2.77. The molecule has 1 aromatic heterocycles. The van der Waals surface area contributed by atoms with E-state index in [9.17, 15) is 0 Å². The smallest absolute Gasteiger partial charge is 0.218 e. The molecule has 0 saturated carbocycles. The molecule has 0 atom stereocenters. The van der Waals surface area contributed by atoms with Crippen molar-refractivity contribution in [3.05, 3.63) is 47.8 Å². The van der Waals surface area contributed by atoms with E-state index in [0.717, 1.165) is 18.7 Å². The Morgan fingerprint density at radius 1 is 1.16 bits per heavy atom. The lowest BCUT2D eigenvalue weighted by molar-refractivity contribution is 0.298. The van der Waals surface area contributed by atoms with Gasteiger partial charge in [0.25, 0.3) is 0 Å². The highest BCUT2D eigenvalue weighted by molar-refractivity contribution is 5.37. The monoisotopic (exact) mass is 257 g/mol.